The van der Waals surface area contributed by atoms with Gasteiger partial charge < -0.3 is 9.84 Å². The van der Waals surface area contributed by atoms with Gasteiger partial charge >= 0.3 is 5.97 Å². The average molecular weight is 277 g/mol. The number of rotatable bonds is 6. The first-order valence-electron chi connectivity index (χ1n) is 5.37. The molecule has 0 radical (unpaired) electrons. The quantitative estimate of drug-likeness (QED) is 0.804. The van der Waals surface area contributed by atoms with E-state index >= 15 is 0 Å². The van der Waals surface area contributed by atoms with E-state index in [1.807, 2.05) is 0 Å². The molecule has 0 aliphatic carbocycles. The summed E-state index contributed by atoms with van der Waals surface area (Å²) >= 11 is 12.0. The van der Waals surface area contributed by atoms with E-state index in [2.05, 4.69) is 6.92 Å². The maximum Gasteiger partial charge on any atom is 0.307 e. The molecule has 17 heavy (non-hydrogen) atoms. The first-order valence-corrected chi connectivity index (χ1v) is 6.12. The lowest BCUT2D eigenvalue weighted by atomic mass is 10.1. The molecule has 0 fully saturated rings. The van der Waals surface area contributed by atoms with Crippen LogP contribution in [0.5, 0.6) is 5.75 Å². The molecule has 0 saturated carbocycles. The second-order valence-corrected chi connectivity index (χ2v) is 4.48. The Kier molecular flexibility index (Phi) is 5.59. The highest BCUT2D eigenvalue weighted by Gasteiger charge is 2.11. The molecule has 1 aromatic carbocycles. The summed E-state index contributed by atoms with van der Waals surface area (Å²) in [5.74, 6) is -0.493. The fraction of sp³-hybridized carbons (Fsp3) is 0.417. The Morgan fingerprint density at radius 2 is 1.94 bits per heavy atom. The third-order valence-electron chi connectivity index (χ3n) is 2.16. The van der Waals surface area contributed by atoms with Crippen molar-refractivity contribution in [2.45, 2.75) is 26.2 Å². The van der Waals surface area contributed by atoms with Gasteiger partial charge in [-0.05, 0) is 24.1 Å². The van der Waals surface area contributed by atoms with Crippen molar-refractivity contribution >= 4 is 29.2 Å². The lowest BCUT2D eigenvalue weighted by molar-refractivity contribution is -0.136. The van der Waals surface area contributed by atoms with Gasteiger partial charge in [-0.2, -0.15) is 0 Å². The normalized spacial score (nSPS) is 10.3. The number of carboxylic acid groups (broad SMARTS) is 1. The van der Waals surface area contributed by atoms with Crippen molar-refractivity contribution in [2.24, 2.45) is 0 Å². The van der Waals surface area contributed by atoms with Crippen LogP contribution in [-0.2, 0) is 11.2 Å². The molecule has 0 spiro atoms. The van der Waals surface area contributed by atoms with Gasteiger partial charge in [-0.3, -0.25) is 4.79 Å². The number of ether oxygens (including phenoxy) is 1. The largest absolute Gasteiger partial charge is 0.490 e. The molecule has 3 nitrogen and oxygen atoms in total. The van der Waals surface area contributed by atoms with Crippen LogP contribution in [0.3, 0.4) is 0 Å². The van der Waals surface area contributed by atoms with E-state index in [0.717, 1.165) is 12.8 Å². The van der Waals surface area contributed by atoms with Crippen molar-refractivity contribution in [3.8, 4) is 5.75 Å². The Hall–Kier alpha value is -0.930. The molecule has 0 heterocycles. The highest BCUT2D eigenvalue weighted by Crippen LogP contribution is 2.34. The van der Waals surface area contributed by atoms with Gasteiger partial charge in [0, 0.05) is 0 Å². The molecule has 0 amide bonds. The summed E-state index contributed by atoms with van der Waals surface area (Å²) in [7, 11) is 0. The molecular weight excluding hydrogens is 263 g/mol. The van der Waals surface area contributed by atoms with Crippen molar-refractivity contribution in [1.82, 2.24) is 0 Å². The Labute approximate surface area is 110 Å². The monoisotopic (exact) mass is 276 g/mol. The van der Waals surface area contributed by atoms with Crippen LogP contribution in [-0.4, -0.2) is 17.7 Å². The summed E-state index contributed by atoms with van der Waals surface area (Å²) in [6.45, 7) is 2.61. The second-order valence-electron chi connectivity index (χ2n) is 3.66. The van der Waals surface area contributed by atoms with Gasteiger partial charge in [-0.25, -0.2) is 0 Å². The van der Waals surface area contributed by atoms with Gasteiger partial charge in [0.15, 0.2) is 5.75 Å². The van der Waals surface area contributed by atoms with Gasteiger partial charge in [-0.15, -0.1) is 0 Å². The summed E-state index contributed by atoms with van der Waals surface area (Å²) in [6, 6.07) is 3.14. The summed E-state index contributed by atoms with van der Waals surface area (Å²) < 4.78 is 5.46. The molecule has 0 aliphatic rings. The zero-order chi connectivity index (χ0) is 12.8. The summed E-state index contributed by atoms with van der Waals surface area (Å²) in [5.41, 5.74) is 0.565. The molecule has 1 N–H and O–H groups in total. The van der Waals surface area contributed by atoms with Crippen LogP contribution < -0.4 is 4.74 Å². The minimum absolute atomic E-state index is 0.103. The fourth-order valence-corrected chi connectivity index (χ4v) is 1.99. The van der Waals surface area contributed by atoms with E-state index in [1.165, 1.54) is 0 Å². The number of hydrogen-bond donors (Lipinski definition) is 1. The first kappa shape index (κ1) is 14.1. The SMILES string of the molecule is CCCCOc1c(Cl)cc(CC(=O)O)cc1Cl. The van der Waals surface area contributed by atoms with E-state index in [0.29, 0.717) is 28.0 Å². The van der Waals surface area contributed by atoms with Gasteiger partial charge in [0.05, 0.1) is 23.1 Å². The van der Waals surface area contributed by atoms with Gasteiger partial charge in [0.2, 0.25) is 0 Å². The zero-order valence-electron chi connectivity index (χ0n) is 9.50. The van der Waals surface area contributed by atoms with Crippen LogP contribution in [0.15, 0.2) is 12.1 Å². The molecular formula is C12H14Cl2O3. The van der Waals surface area contributed by atoms with Crippen LogP contribution in [0, 0.1) is 0 Å². The predicted octanol–water partition coefficient (Wildman–Crippen LogP) is 3.80. The van der Waals surface area contributed by atoms with Crippen LogP contribution >= 0.6 is 23.2 Å². The lowest BCUT2D eigenvalue weighted by Gasteiger charge is -2.10. The standard InChI is InChI=1S/C12H14Cl2O3/c1-2-3-4-17-12-9(13)5-8(6-10(12)14)7-11(15)16/h5-6H,2-4,7H2,1H3,(H,15,16). The van der Waals surface area contributed by atoms with E-state index in [-0.39, 0.29) is 6.42 Å². The molecule has 0 saturated heterocycles. The predicted molar refractivity (Wildman–Crippen MR) is 68.2 cm³/mol. The van der Waals surface area contributed by atoms with Crippen LogP contribution in [0.25, 0.3) is 0 Å². The Morgan fingerprint density at radius 3 is 2.41 bits per heavy atom. The smallest absolute Gasteiger partial charge is 0.307 e. The second kappa shape index (κ2) is 6.72. The van der Waals surface area contributed by atoms with Crippen molar-refractivity contribution in [1.29, 1.82) is 0 Å². The first-order chi connectivity index (χ1) is 8.04. The highest BCUT2D eigenvalue weighted by molar-refractivity contribution is 6.37. The maximum atomic E-state index is 10.6. The number of hydrogen-bond acceptors (Lipinski definition) is 2. The third kappa shape index (κ3) is 4.44. The topological polar surface area (TPSA) is 46.5 Å². The Balaban J connectivity index is 2.82. The van der Waals surface area contributed by atoms with Gasteiger partial charge in [-0.1, -0.05) is 36.5 Å². The minimum atomic E-state index is -0.920. The Bertz CT molecular complexity index is 382. The maximum absolute atomic E-state index is 10.6. The molecule has 5 heteroatoms. The van der Waals surface area contributed by atoms with Crippen LogP contribution in [0.1, 0.15) is 25.3 Å². The average Bonchev–Trinajstić information content (AvgIpc) is 2.21. The molecule has 1 rings (SSSR count). The summed E-state index contributed by atoms with van der Waals surface area (Å²) in [6.07, 6.45) is 1.84. The van der Waals surface area contributed by atoms with Gasteiger partial charge in [0.25, 0.3) is 0 Å². The number of benzene rings is 1. The van der Waals surface area contributed by atoms with Crippen LogP contribution in [0.4, 0.5) is 0 Å². The molecule has 0 atom stereocenters. The molecule has 0 aliphatic heterocycles. The van der Waals surface area contributed by atoms with E-state index in [1.54, 1.807) is 12.1 Å². The number of unbranched alkanes of at least 4 members (excludes halogenated alkanes) is 1. The Morgan fingerprint density at radius 1 is 1.35 bits per heavy atom. The number of aliphatic carboxylic acids is 1. The van der Waals surface area contributed by atoms with Gasteiger partial charge in [0.1, 0.15) is 0 Å². The zero-order valence-corrected chi connectivity index (χ0v) is 11.0. The van der Waals surface area contributed by atoms with Crippen LogP contribution in [0.2, 0.25) is 10.0 Å². The molecule has 0 unspecified atom stereocenters. The van der Waals surface area contributed by atoms with E-state index in [9.17, 15) is 4.79 Å². The highest BCUT2D eigenvalue weighted by atomic mass is 35.5. The van der Waals surface area contributed by atoms with Crippen molar-refractivity contribution < 1.29 is 14.6 Å². The summed E-state index contributed by atoms with van der Waals surface area (Å²) in [4.78, 5) is 10.6. The molecule has 0 aromatic heterocycles. The van der Waals surface area contributed by atoms with E-state index < -0.39 is 5.97 Å². The van der Waals surface area contributed by atoms with Crippen molar-refractivity contribution in [2.75, 3.05) is 6.61 Å². The molecule has 94 valence electrons. The van der Waals surface area contributed by atoms with Crippen molar-refractivity contribution in [3.63, 3.8) is 0 Å². The van der Waals surface area contributed by atoms with E-state index in [4.69, 9.17) is 33.0 Å². The molecule has 1 aromatic rings. The minimum Gasteiger partial charge on any atom is -0.490 e. The fourth-order valence-electron chi connectivity index (χ4n) is 1.35. The lowest BCUT2D eigenvalue weighted by Crippen LogP contribution is -2.02. The number of carbonyl (C=O) groups is 1. The van der Waals surface area contributed by atoms with Crippen molar-refractivity contribution in [3.05, 3.63) is 27.7 Å². The molecule has 0 bridgehead atoms. The number of carboxylic acids is 1. The number of halogens is 2. The summed E-state index contributed by atoms with van der Waals surface area (Å²) in [5, 5.41) is 9.38. The third-order valence-corrected chi connectivity index (χ3v) is 2.72.